The summed E-state index contributed by atoms with van der Waals surface area (Å²) in [7, 11) is 1.41. The predicted octanol–water partition coefficient (Wildman–Crippen LogP) is 1.44. The maximum Gasteiger partial charge on any atom is 0.407 e. The molecule has 0 bridgehead atoms. The van der Waals surface area contributed by atoms with Gasteiger partial charge in [-0.15, -0.1) is 0 Å². The molecule has 0 radical (unpaired) electrons. The zero-order valence-corrected chi connectivity index (χ0v) is 13.0. The largest absolute Gasteiger partial charge is 0.453 e. The Morgan fingerprint density at radius 1 is 1.47 bits per heavy atom. The molecular formula is C14H29N3O2. The number of methoxy groups -OCH3 is 1. The Morgan fingerprint density at radius 3 is 2.74 bits per heavy atom. The van der Waals surface area contributed by atoms with E-state index >= 15 is 0 Å². The van der Waals surface area contributed by atoms with Gasteiger partial charge < -0.3 is 20.3 Å². The second kappa shape index (κ2) is 7.10. The van der Waals surface area contributed by atoms with Gasteiger partial charge in [-0.25, -0.2) is 4.79 Å². The summed E-state index contributed by atoms with van der Waals surface area (Å²) < 4.78 is 4.63. The summed E-state index contributed by atoms with van der Waals surface area (Å²) in [5.74, 6) is 0.608. The Labute approximate surface area is 117 Å². The number of nitrogens with zero attached hydrogens (tertiary/aromatic N) is 1. The molecule has 1 saturated heterocycles. The molecule has 2 unspecified atom stereocenters. The summed E-state index contributed by atoms with van der Waals surface area (Å²) in [5.41, 5.74) is 0.175. The van der Waals surface area contributed by atoms with E-state index in [2.05, 4.69) is 48.0 Å². The summed E-state index contributed by atoms with van der Waals surface area (Å²) in [4.78, 5) is 13.6. The number of carbonyl (C=O) groups excluding carboxylic acids is 1. The number of amides is 1. The Balaban J connectivity index is 2.22. The van der Waals surface area contributed by atoms with Crippen LogP contribution in [0.2, 0.25) is 0 Å². The normalized spacial score (nSPS) is 22.3. The molecule has 1 heterocycles. The first-order valence-electron chi connectivity index (χ1n) is 7.12. The molecule has 5 heteroatoms. The summed E-state index contributed by atoms with van der Waals surface area (Å²) in [6, 6.07) is 0.232. The number of likely N-dealkylation sites (tertiary alicyclic amines) is 1. The van der Waals surface area contributed by atoms with Gasteiger partial charge in [0, 0.05) is 31.2 Å². The SMILES string of the molecule is COC(=O)NC1CCN(CC(C)CNC(C)(C)C)C1. The van der Waals surface area contributed by atoms with Crippen molar-refractivity contribution < 1.29 is 9.53 Å². The van der Waals surface area contributed by atoms with E-state index in [1.165, 1.54) is 7.11 Å². The highest BCUT2D eigenvalue weighted by Crippen LogP contribution is 2.12. The quantitative estimate of drug-likeness (QED) is 0.794. The van der Waals surface area contributed by atoms with Gasteiger partial charge in [-0.2, -0.15) is 0 Å². The zero-order valence-electron chi connectivity index (χ0n) is 13.0. The van der Waals surface area contributed by atoms with Crippen LogP contribution in [-0.2, 0) is 4.74 Å². The first-order valence-corrected chi connectivity index (χ1v) is 7.12. The van der Waals surface area contributed by atoms with Crippen molar-refractivity contribution >= 4 is 6.09 Å². The lowest BCUT2D eigenvalue weighted by Gasteiger charge is -2.26. The van der Waals surface area contributed by atoms with E-state index in [9.17, 15) is 4.79 Å². The third-order valence-electron chi connectivity index (χ3n) is 3.33. The van der Waals surface area contributed by atoms with Crippen molar-refractivity contribution in [1.82, 2.24) is 15.5 Å². The molecule has 0 aromatic carbocycles. The topological polar surface area (TPSA) is 53.6 Å². The van der Waals surface area contributed by atoms with Gasteiger partial charge in [0.05, 0.1) is 7.11 Å². The van der Waals surface area contributed by atoms with E-state index < -0.39 is 0 Å². The first kappa shape index (κ1) is 16.2. The smallest absolute Gasteiger partial charge is 0.407 e. The van der Waals surface area contributed by atoms with Gasteiger partial charge >= 0.3 is 6.09 Å². The molecule has 2 N–H and O–H groups in total. The van der Waals surface area contributed by atoms with Crippen LogP contribution >= 0.6 is 0 Å². The van der Waals surface area contributed by atoms with Crippen molar-refractivity contribution in [3.8, 4) is 0 Å². The molecule has 1 rings (SSSR count). The van der Waals surface area contributed by atoms with Crippen LogP contribution in [-0.4, -0.2) is 55.9 Å². The van der Waals surface area contributed by atoms with Crippen LogP contribution in [0.3, 0.4) is 0 Å². The van der Waals surface area contributed by atoms with Crippen molar-refractivity contribution in [2.24, 2.45) is 5.92 Å². The molecule has 0 saturated carbocycles. The average Bonchev–Trinajstić information content (AvgIpc) is 2.73. The summed E-state index contributed by atoms with van der Waals surface area (Å²) in [5, 5.41) is 6.40. The van der Waals surface area contributed by atoms with E-state index in [-0.39, 0.29) is 17.7 Å². The summed E-state index contributed by atoms with van der Waals surface area (Å²) >= 11 is 0. The zero-order chi connectivity index (χ0) is 14.5. The number of hydrogen-bond acceptors (Lipinski definition) is 4. The van der Waals surface area contributed by atoms with Gasteiger partial charge in [0.1, 0.15) is 0 Å². The molecule has 0 aromatic heterocycles. The van der Waals surface area contributed by atoms with Crippen LogP contribution in [0.1, 0.15) is 34.1 Å². The Bertz CT molecular complexity index is 289. The minimum absolute atomic E-state index is 0.175. The fraction of sp³-hybridized carbons (Fsp3) is 0.929. The number of hydrogen-bond donors (Lipinski definition) is 2. The monoisotopic (exact) mass is 271 g/mol. The lowest BCUT2D eigenvalue weighted by molar-refractivity contribution is 0.166. The molecule has 5 nitrogen and oxygen atoms in total. The van der Waals surface area contributed by atoms with E-state index in [4.69, 9.17) is 0 Å². The van der Waals surface area contributed by atoms with E-state index in [0.29, 0.717) is 5.92 Å². The highest BCUT2D eigenvalue weighted by molar-refractivity contribution is 5.67. The van der Waals surface area contributed by atoms with Gasteiger partial charge in [0.25, 0.3) is 0 Å². The molecule has 1 amide bonds. The summed E-state index contributed by atoms with van der Waals surface area (Å²) in [6.07, 6.45) is 0.684. The highest BCUT2D eigenvalue weighted by atomic mass is 16.5. The lowest BCUT2D eigenvalue weighted by atomic mass is 10.1. The van der Waals surface area contributed by atoms with Gasteiger partial charge in [-0.3, -0.25) is 0 Å². The fourth-order valence-electron chi connectivity index (χ4n) is 2.33. The Hall–Kier alpha value is -0.810. The number of alkyl carbamates (subject to hydrolysis) is 1. The highest BCUT2D eigenvalue weighted by Gasteiger charge is 2.25. The lowest BCUT2D eigenvalue weighted by Crippen LogP contribution is -2.42. The molecule has 1 aliphatic rings. The van der Waals surface area contributed by atoms with E-state index in [0.717, 1.165) is 32.6 Å². The van der Waals surface area contributed by atoms with Crippen LogP contribution in [0.15, 0.2) is 0 Å². The number of carbonyl (C=O) groups is 1. The second-order valence-electron chi connectivity index (χ2n) is 6.62. The third kappa shape index (κ3) is 6.78. The molecule has 0 spiro atoms. The minimum atomic E-state index is -0.325. The first-order chi connectivity index (χ1) is 8.80. The maximum atomic E-state index is 11.1. The molecule has 1 aliphatic heterocycles. The standard InChI is InChI=1S/C14H29N3O2/c1-11(8-15-14(2,3)4)9-17-7-6-12(10-17)16-13(18)19-5/h11-12,15H,6-10H2,1-5H3,(H,16,18). The molecule has 0 aliphatic carbocycles. The Morgan fingerprint density at radius 2 is 2.16 bits per heavy atom. The average molecular weight is 271 g/mol. The molecular weight excluding hydrogens is 242 g/mol. The maximum absolute atomic E-state index is 11.1. The van der Waals surface area contributed by atoms with Gasteiger partial charge in [-0.05, 0) is 39.7 Å². The number of rotatable bonds is 5. The van der Waals surface area contributed by atoms with E-state index in [1.807, 2.05) is 0 Å². The second-order valence-corrected chi connectivity index (χ2v) is 6.62. The molecule has 0 aromatic rings. The van der Waals surface area contributed by atoms with Crippen molar-refractivity contribution in [2.45, 2.75) is 45.7 Å². The molecule has 112 valence electrons. The minimum Gasteiger partial charge on any atom is -0.453 e. The number of nitrogens with one attached hydrogen (secondary N) is 2. The number of ether oxygens (including phenoxy) is 1. The van der Waals surface area contributed by atoms with Crippen molar-refractivity contribution in [3.63, 3.8) is 0 Å². The van der Waals surface area contributed by atoms with Crippen LogP contribution in [0.25, 0.3) is 0 Å². The molecule has 2 atom stereocenters. The van der Waals surface area contributed by atoms with Gasteiger partial charge in [-0.1, -0.05) is 6.92 Å². The van der Waals surface area contributed by atoms with Gasteiger partial charge in [0.15, 0.2) is 0 Å². The molecule has 19 heavy (non-hydrogen) atoms. The van der Waals surface area contributed by atoms with Gasteiger partial charge in [0.2, 0.25) is 0 Å². The van der Waals surface area contributed by atoms with Crippen molar-refractivity contribution in [3.05, 3.63) is 0 Å². The van der Waals surface area contributed by atoms with Crippen LogP contribution in [0.5, 0.6) is 0 Å². The van der Waals surface area contributed by atoms with Crippen molar-refractivity contribution in [2.75, 3.05) is 33.3 Å². The predicted molar refractivity (Wildman–Crippen MR) is 77.3 cm³/mol. The van der Waals surface area contributed by atoms with Crippen molar-refractivity contribution in [1.29, 1.82) is 0 Å². The third-order valence-corrected chi connectivity index (χ3v) is 3.33. The van der Waals surface area contributed by atoms with Crippen LogP contribution < -0.4 is 10.6 Å². The Kier molecular flexibility index (Phi) is 6.07. The summed E-state index contributed by atoms with van der Waals surface area (Å²) in [6.45, 7) is 12.9. The van der Waals surface area contributed by atoms with Crippen LogP contribution in [0, 0.1) is 5.92 Å². The van der Waals surface area contributed by atoms with E-state index in [1.54, 1.807) is 0 Å². The fourth-order valence-corrected chi connectivity index (χ4v) is 2.33. The molecule has 1 fully saturated rings. The van der Waals surface area contributed by atoms with Crippen LogP contribution in [0.4, 0.5) is 4.79 Å².